The van der Waals surface area contributed by atoms with Gasteiger partial charge in [0.05, 0.1) is 0 Å². The van der Waals surface area contributed by atoms with Crippen LogP contribution in [0.5, 0.6) is 0 Å². The highest BCUT2D eigenvalue weighted by molar-refractivity contribution is 7.99. The van der Waals surface area contributed by atoms with E-state index in [0.29, 0.717) is 13.0 Å². The molecule has 0 saturated carbocycles. The van der Waals surface area contributed by atoms with Gasteiger partial charge in [-0.05, 0) is 50.3 Å². The molecule has 6 heteroatoms. The number of hydrogen-bond acceptors (Lipinski definition) is 4. The maximum atomic E-state index is 12.2. The summed E-state index contributed by atoms with van der Waals surface area (Å²) in [4.78, 5) is 12.2. The minimum Gasteiger partial charge on any atom is -0.352 e. The molecule has 3 aromatic rings. The second-order valence-corrected chi connectivity index (χ2v) is 9.50. The number of aryl methyl sites for hydroxylation is 1. The normalized spacial score (nSPS) is 13.3. The Bertz CT molecular complexity index is 1140. The number of rotatable bonds is 11. The third-order valence-corrected chi connectivity index (χ3v) is 7.03. The van der Waals surface area contributed by atoms with E-state index >= 15 is 0 Å². The zero-order chi connectivity index (χ0) is 23.6. The number of carbonyl (C=O) groups excluding carboxylic acids is 1. The molecule has 0 aliphatic heterocycles. The lowest BCUT2D eigenvalue weighted by atomic mass is 10.0. The predicted molar refractivity (Wildman–Crippen MR) is 139 cm³/mol. The second-order valence-electron chi connectivity index (χ2n) is 8.56. The Labute approximate surface area is 206 Å². The van der Waals surface area contributed by atoms with Gasteiger partial charge in [0.1, 0.15) is 5.82 Å². The van der Waals surface area contributed by atoms with Crippen molar-refractivity contribution in [3.63, 3.8) is 0 Å². The molecule has 4 rings (SSSR count). The van der Waals surface area contributed by atoms with Crippen molar-refractivity contribution >= 4 is 17.7 Å². The van der Waals surface area contributed by atoms with E-state index in [1.54, 1.807) is 11.8 Å². The van der Waals surface area contributed by atoms with Crippen LogP contribution in [0.1, 0.15) is 50.4 Å². The van der Waals surface area contributed by atoms with E-state index in [1.165, 1.54) is 11.1 Å². The molecule has 1 aliphatic carbocycles. The lowest BCUT2D eigenvalue weighted by Gasteiger charge is -2.14. The Kier molecular flexibility index (Phi) is 8.74. The van der Waals surface area contributed by atoms with Crippen LogP contribution in [0, 0.1) is 0 Å². The molecule has 0 bridgehead atoms. The molecule has 0 atom stereocenters. The highest BCUT2D eigenvalue weighted by Crippen LogP contribution is 2.28. The second kappa shape index (κ2) is 12.4. The third-order valence-electron chi connectivity index (χ3n) is 6.02. The van der Waals surface area contributed by atoms with E-state index in [2.05, 4.69) is 51.3 Å². The number of hydrogen-bond donors (Lipinski definition) is 1. The summed E-state index contributed by atoms with van der Waals surface area (Å²) in [5.74, 6) is 1.98. The van der Waals surface area contributed by atoms with Crippen molar-refractivity contribution in [3.8, 4) is 5.69 Å². The van der Waals surface area contributed by atoms with Gasteiger partial charge >= 0.3 is 0 Å². The van der Waals surface area contributed by atoms with Crippen molar-refractivity contribution < 1.29 is 4.79 Å². The summed E-state index contributed by atoms with van der Waals surface area (Å²) in [6.07, 6.45) is 9.73. The van der Waals surface area contributed by atoms with Gasteiger partial charge < -0.3 is 5.32 Å². The summed E-state index contributed by atoms with van der Waals surface area (Å²) in [7, 11) is 0. The van der Waals surface area contributed by atoms with E-state index in [4.69, 9.17) is 0 Å². The van der Waals surface area contributed by atoms with Gasteiger partial charge in [0.25, 0.3) is 0 Å². The monoisotopic (exact) mass is 472 g/mol. The van der Waals surface area contributed by atoms with Gasteiger partial charge in [-0.2, -0.15) is 0 Å². The topological polar surface area (TPSA) is 59.8 Å². The van der Waals surface area contributed by atoms with Crippen LogP contribution >= 0.6 is 11.8 Å². The average Bonchev–Trinajstić information content (AvgIpc) is 3.28. The Morgan fingerprint density at radius 1 is 1.03 bits per heavy atom. The molecular formula is C28H32N4OS. The molecule has 1 heterocycles. The Morgan fingerprint density at radius 3 is 2.56 bits per heavy atom. The molecule has 1 aliphatic rings. The molecule has 0 spiro atoms. The van der Waals surface area contributed by atoms with Gasteiger partial charge in [-0.1, -0.05) is 83.6 Å². The first-order valence-electron chi connectivity index (χ1n) is 12.0. The minimum absolute atomic E-state index is 0.0924. The number of aromatic nitrogens is 3. The number of thioether (sulfide) groups is 1. The molecule has 5 nitrogen and oxygen atoms in total. The number of benzene rings is 2. The lowest BCUT2D eigenvalue weighted by Crippen LogP contribution is -2.22. The number of allylic oxidation sites excluding steroid dienone is 3. The fourth-order valence-electron chi connectivity index (χ4n) is 4.02. The van der Waals surface area contributed by atoms with Crippen LogP contribution < -0.4 is 5.32 Å². The summed E-state index contributed by atoms with van der Waals surface area (Å²) in [6, 6.07) is 20.3. The zero-order valence-corrected chi connectivity index (χ0v) is 20.6. The van der Waals surface area contributed by atoms with E-state index in [1.807, 2.05) is 48.5 Å². The number of unbranched alkanes of at least 4 members (excludes halogenated alkanes) is 1. The molecular weight excluding hydrogens is 440 g/mol. The summed E-state index contributed by atoms with van der Waals surface area (Å²) < 4.78 is 2.18. The van der Waals surface area contributed by atoms with Crippen LogP contribution in [0.25, 0.3) is 5.69 Å². The first kappa shape index (κ1) is 24.0. The lowest BCUT2D eigenvalue weighted by molar-refractivity contribution is -0.121. The first-order chi connectivity index (χ1) is 16.7. The Morgan fingerprint density at radius 2 is 1.79 bits per heavy atom. The van der Waals surface area contributed by atoms with Crippen LogP contribution in [0.15, 0.2) is 89.1 Å². The van der Waals surface area contributed by atoms with Crippen molar-refractivity contribution in [1.82, 2.24) is 20.1 Å². The van der Waals surface area contributed by atoms with Crippen molar-refractivity contribution in [2.24, 2.45) is 0 Å². The Hall–Kier alpha value is -3.12. The number of nitrogens with zero attached hydrogens (tertiary/aromatic N) is 3. The van der Waals surface area contributed by atoms with Gasteiger partial charge in [-0.15, -0.1) is 10.2 Å². The van der Waals surface area contributed by atoms with Crippen LogP contribution in [0.4, 0.5) is 0 Å². The van der Waals surface area contributed by atoms with E-state index in [0.717, 1.165) is 60.1 Å². The van der Waals surface area contributed by atoms with Crippen molar-refractivity contribution in [2.45, 2.75) is 57.1 Å². The van der Waals surface area contributed by atoms with Gasteiger partial charge in [0.2, 0.25) is 5.91 Å². The van der Waals surface area contributed by atoms with Gasteiger partial charge in [0, 0.05) is 30.8 Å². The first-order valence-corrected chi connectivity index (χ1v) is 13.0. The molecule has 0 saturated heterocycles. The fourth-order valence-corrected chi connectivity index (χ4v) is 5.13. The summed E-state index contributed by atoms with van der Waals surface area (Å²) in [5, 5.41) is 13.0. The van der Waals surface area contributed by atoms with E-state index < -0.39 is 0 Å². The molecule has 176 valence electrons. The van der Waals surface area contributed by atoms with E-state index in [-0.39, 0.29) is 5.91 Å². The zero-order valence-electron chi connectivity index (χ0n) is 19.7. The standard InChI is InChI=1S/C28H32N4OS/c1-22-12-8-9-15-24(22)21-34-28-31-30-26(32(28)25-16-6-3-7-17-25)18-10-11-19-27(33)29-20-23-13-4-2-5-14-23/h2-8,12-14,16-17H,9-11,15,18-21H2,1H3,(H,29,33). The molecule has 0 fully saturated rings. The van der Waals surface area contributed by atoms with Crippen LogP contribution in [-0.2, 0) is 17.8 Å². The van der Waals surface area contributed by atoms with Gasteiger partial charge in [-0.25, -0.2) is 0 Å². The SMILES string of the molecule is CC1=C(CSc2nnc(CCCCC(=O)NCc3ccccc3)n2-c2ccccc2)CCC=C1. The van der Waals surface area contributed by atoms with Crippen molar-refractivity contribution in [2.75, 3.05) is 5.75 Å². The molecule has 0 unspecified atom stereocenters. The highest BCUT2D eigenvalue weighted by Gasteiger charge is 2.16. The smallest absolute Gasteiger partial charge is 0.220 e. The maximum absolute atomic E-state index is 12.2. The summed E-state index contributed by atoms with van der Waals surface area (Å²) >= 11 is 1.76. The van der Waals surface area contributed by atoms with Crippen molar-refractivity contribution in [1.29, 1.82) is 0 Å². The summed E-state index contributed by atoms with van der Waals surface area (Å²) in [6.45, 7) is 2.77. The number of nitrogens with one attached hydrogen (secondary N) is 1. The largest absolute Gasteiger partial charge is 0.352 e. The molecule has 34 heavy (non-hydrogen) atoms. The molecule has 1 amide bonds. The summed E-state index contributed by atoms with van der Waals surface area (Å²) in [5.41, 5.74) is 5.06. The number of para-hydroxylation sites is 1. The van der Waals surface area contributed by atoms with Crippen LogP contribution in [0.2, 0.25) is 0 Å². The van der Waals surface area contributed by atoms with Gasteiger partial charge in [0.15, 0.2) is 5.16 Å². The Balaban J connectivity index is 1.34. The van der Waals surface area contributed by atoms with Gasteiger partial charge in [-0.3, -0.25) is 9.36 Å². The predicted octanol–water partition coefficient (Wildman–Crippen LogP) is 6.06. The van der Waals surface area contributed by atoms with Crippen LogP contribution in [0.3, 0.4) is 0 Å². The van der Waals surface area contributed by atoms with Crippen LogP contribution in [-0.4, -0.2) is 26.4 Å². The molecule has 1 N–H and O–H groups in total. The number of amides is 1. The quantitative estimate of drug-likeness (QED) is 0.272. The molecule has 1 aromatic heterocycles. The molecule has 2 aromatic carbocycles. The van der Waals surface area contributed by atoms with Crippen molar-refractivity contribution in [3.05, 3.63) is 95.3 Å². The third kappa shape index (κ3) is 6.70. The highest BCUT2D eigenvalue weighted by atomic mass is 32.2. The fraction of sp³-hybridized carbons (Fsp3) is 0.321. The van der Waals surface area contributed by atoms with E-state index in [9.17, 15) is 4.79 Å². The molecule has 0 radical (unpaired) electrons. The minimum atomic E-state index is 0.0924. The number of carbonyl (C=O) groups is 1. The maximum Gasteiger partial charge on any atom is 0.220 e. The average molecular weight is 473 g/mol.